The smallest absolute Gasteiger partial charge is 0.292 e. The number of ether oxygens (including phenoxy) is 3. The highest BCUT2D eigenvalue weighted by Crippen LogP contribution is 2.38. The van der Waals surface area contributed by atoms with Crippen molar-refractivity contribution in [3.8, 4) is 17.2 Å². The number of fused-ring (bicyclic) bond motifs is 1. The Morgan fingerprint density at radius 2 is 1.75 bits per heavy atom. The van der Waals surface area contributed by atoms with Gasteiger partial charge in [0.25, 0.3) is 10.0 Å². The Morgan fingerprint density at radius 3 is 2.44 bits per heavy atom. The number of sulfonamides is 1. The van der Waals surface area contributed by atoms with E-state index in [-0.39, 0.29) is 23.1 Å². The van der Waals surface area contributed by atoms with Crippen LogP contribution in [0.15, 0.2) is 68.5 Å². The molecule has 0 aliphatic heterocycles. The normalized spacial score (nSPS) is 11.5. The maximum absolute atomic E-state index is 14.1. The van der Waals surface area contributed by atoms with E-state index in [1.807, 2.05) is 13.0 Å². The van der Waals surface area contributed by atoms with Gasteiger partial charge in [-0.25, -0.2) is 0 Å². The van der Waals surface area contributed by atoms with Crippen LogP contribution in [-0.2, 0) is 27.9 Å². The van der Waals surface area contributed by atoms with Crippen LogP contribution in [0.1, 0.15) is 18.1 Å². The predicted octanol–water partition coefficient (Wildman–Crippen LogP) is 5.51. The number of methoxy groups -OCH3 is 3. The lowest BCUT2D eigenvalue weighted by molar-refractivity contribution is 0.130. The van der Waals surface area contributed by atoms with Gasteiger partial charge in [0.1, 0.15) is 28.8 Å². The summed E-state index contributed by atoms with van der Waals surface area (Å²) in [5.74, 6) is 1.21. The van der Waals surface area contributed by atoms with Crippen LogP contribution in [0, 0.1) is 0 Å². The second kappa shape index (κ2) is 10.8. The van der Waals surface area contributed by atoms with Gasteiger partial charge in [-0.15, -0.1) is 4.47 Å². The molecular formula is C25H25BrN2O7S. The summed E-state index contributed by atoms with van der Waals surface area (Å²) in [4.78, 5) is 5.91. The molecule has 0 saturated heterocycles. The third-order valence-corrected chi connectivity index (χ3v) is 7.82. The van der Waals surface area contributed by atoms with Crippen LogP contribution >= 0.6 is 15.9 Å². The molecule has 0 unspecified atom stereocenters. The molecule has 1 heterocycles. The van der Waals surface area contributed by atoms with Gasteiger partial charge in [0, 0.05) is 16.1 Å². The first-order valence-corrected chi connectivity index (χ1v) is 13.2. The number of rotatable bonds is 10. The summed E-state index contributed by atoms with van der Waals surface area (Å²) in [6.07, 6.45) is 0.634. The van der Waals surface area contributed by atoms with E-state index in [0.717, 1.165) is 10.0 Å². The van der Waals surface area contributed by atoms with E-state index < -0.39 is 10.0 Å². The molecule has 0 atom stereocenters. The Kier molecular flexibility index (Phi) is 7.72. The Balaban J connectivity index is 1.85. The van der Waals surface area contributed by atoms with Gasteiger partial charge in [0.05, 0.1) is 26.7 Å². The van der Waals surface area contributed by atoms with Crippen LogP contribution in [-0.4, -0.2) is 34.9 Å². The Morgan fingerprint density at radius 1 is 0.972 bits per heavy atom. The van der Waals surface area contributed by atoms with E-state index >= 15 is 0 Å². The lowest BCUT2D eigenvalue weighted by Gasteiger charge is -2.23. The summed E-state index contributed by atoms with van der Waals surface area (Å²) < 4.78 is 51.0. The summed E-state index contributed by atoms with van der Waals surface area (Å²) in [7, 11) is 0.136. The van der Waals surface area contributed by atoms with Gasteiger partial charge < -0.3 is 18.7 Å². The molecule has 3 aromatic carbocycles. The molecule has 0 aliphatic rings. The van der Waals surface area contributed by atoms with Crippen molar-refractivity contribution in [1.82, 2.24) is 5.16 Å². The number of halogens is 1. The number of anilines is 1. The Hall–Kier alpha value is -3.28. The molecule has 190 valence electrons. The lowest BCUT2D eigenvalue weighted by Crippen LogP contribution is -2.32. The minimum atomic E-state index is -4.33. The fourth-order valence-corrected chi connectivity index (χ4v) is 5.59. The molecule has 36 heavy (non-hydrogen) atoms. The summed E-state index contributed by atoms with van der Waals surface area (Å²) in [6, 6.07) is 15.4. The first-order valence-electron chi connectivity index (χ1n) is 10.9. The molecular weight excluding hydrogens is 552 g/mol. The highest BCUT2D eigenvalue weighted by Gasteiger charge is 2.34. The number of aromatic nitrogens is 1. The number of nitrogens with zero attached hydrogens (tertiary/aromatic N) is 2. The highest BCUT2D eigenvalue weighted by atomic mass is 79.9. The molecule has 0 N–H and O–H groups in total. The van der Waals surface area contributed by atoms with Crippen LogP contribution in [0.2, 0.25) is 0 Å². The molecule has 0 saturated carbocycles. The molecule has 4 rings (SSSR count). The third-order valence-electron chi connectivity index (χ3n) is 5.57. The summed E-state index contributed by atoms with van der Waals surface area (Å²) in [5.41, 5.74) is 1.80. The topological polar surface area (TPSA) is 100 Å². The minimum Gasteiger partial charge on any atom is -0.497 e. The Bertz CT molecular complexity index is 1490. The molecule has 0 fully saturated rings. The molecule has 11 heteroatoms. The number of hydrogen-bond donors (Lipinski definition) is 0. The lowest BCUT2D eigenvalue weighted by atomic mass is 10.2. The number of aryl methyl sites for hydroxylation is 1. The van der Waals surface area contributed by atoms with Gasteiger partial charge in [0.15, 0.2) is 5.58 Å². The van der Waals surface area contributed by atoms with E-state index in [1.165, 1.54) is 14.2 Å². The van der Waals surface area contributed by atoms with Crippen molar-refractivity contribution in [2.75, 3.05) is 25.8 Å². The number of hydrogen-bond acceptors (Lipinski definition) is 8. The standard InChI is InChI=1S/C25H25BrN2O7S/c1-5-16-9-12-20(32-3)23(13-16)36(29,30)28(25-24-19(26)7-6-8-21(24)35-27-25)34-15-17-10-11-18(31-2)14-22(17)33-4/h6-14H,5,15H2,1-4H3. The summed E-state index contributed by atoms with van der Waals surface area (Å²) in [6.45, 7) is 1.78. The highest BCUT2D eigenvalue weighted by molar-refractivity contribution is 9.10. The first-order chi connectivity index (χ1) is 17.3. The molecule has 0 amide bonds. The molecule has 0 radical (unpaired) electrons. The zero-order valence-corrected chi connectivity index (χ0v) is 22.6. The van der Waals surface area contributed by atoms with Gasteiger partial charge >= 0.3 is 0 Å². The van der Waals surface area contributed by atoms with E-state index in [0.29, 0.717) is 38.9 Å². The Labute approximate surface area is 217 Å². The van der Waals surface area contributed by atoms with Crippen molar-refractivity contribution in [1.29, 1.82) is 0 Å². The summed E-state index contributed by atoms with van der Waals surface area (Å²) >= 11 is 3.47. The van der Waals surface area contributed by atoms with E-state index in [2.05, 4.69) is 21.1 Å². The zero-order chi connectivity index (χ0) is 25.9. The molecule has 0 bridgehead atoms. The largest absolute Gasteiger partial charge is 0.497 e. The van der Waals surface area contributed by atoms with Crippen LogP contribution < -0.4 is 18.7 Å². The average Bonchev–Trinajstić information content (AvgIpc) is 3.33. The predicted molar refractivity (Wildman–Crippen MR) is 138 cm³/mol. The van der Waals surface area contributed by atoms with Gasteiger partial charge in [-0.1, -0.05) is 24.2 Å². The fourth-order valence-electron chi connectivity index (χ4n) is 3.64. The van der Waals surface area contributed by atoms with E-state index in [4.69, 9.17) is 23.6 Å². The third kappa shape index (κ3) is 4.86. The van der Waals surface area contributed by atoms with Crippen molar-refractivity contribution in [3.63, 3.8) is 0 Å². The van der Waals surface area contributed by atoms with Crippen molar-refractivity contribution >= 4 is 42.7 Å². The second-order valence-electron chi connectivity index (χ2n) is 7.64. The van der Waals surface area contributed by atoms with Crippen LogP contribution in [0.3, 0.4) is 0 Å². The van der Waals surface area contributed by atoms with Crippen LogP contribution in [0.5, 0.6) is 17.2 Å². The van der Waals surface area contributed by atoms with Gasteiger partial charge in [0.2, 0.25) is 5.82 Å². The molecule has 1 aromatic heterocycles. The average molecular weight is 577 g/mol. The SMILES string of the molecule is CCc1ccc(OC)c(S(=O)(=O)N(OCc2ccc(OC)cc2OC)c2noc3cccc(Br)c23)c1. The van der Waals surface area contributed by atoms with Gasteiger partial charge in [-0.3, -0.25) is 4.84 Å². The maximum Gasteiger partial charge on any atom is 0.292 e. The quantitative estimate of drug-likeness (QED) is 0.228. The van der Waals surface area contributed by atoms with Crippen LogP contribution in [0.4, 0.5) is 5.82 Å². The first kappa shape index (κ1) is 25.8. The second-order valence-corrected chi connectivity index (χ2v) is 10.2. The molecule has 9 nitrogen and oxygen atoms in total. The van der Waals surface area contributed by atoms with Crippen molar-refractivity contribution in [3.05, 3.63) is 70.2 Å². The molecule has 0 spiro atoms. The van der Waals surface area contributed by atoms with E-state index in [9.17, 15) is 8.42 Å². The van der Waals surface area contributed by atoms with Crippen molar-refractivity contribution in [2.45, 2.75) is 24.8 Å². The van der Waals surface area contributed by atoms with Gasteiger partial charge in [-0.05, 0) is 64.3 Å². The van der Waals surface area contributed by atoms with Crippen molar-refractivity contribution in [2.24, 2.45) is 0 Å². The van der Waals surface area contributed by atoms with Gasteiger partial charge in [-0.2, -0.15) is 8.42 Å². The molecule has 0 aliphatic carbocycles. The van der Waals surface area contributed by atoms with E-state index in [1.54, 1.807) is 55.6 Å². The van der Waals surface area contributed by atoms with Crippen molar-refractivity contribution < 1.29 is 32.0 Å². The zero-order valence-electron chi connectivity index (χ0n) is 20.1. The molecule has 4 aromatic rings. The van der Waals surface area contributed by atoms with Crippen LogP contribution in [0.25, 0.3) is 11.0 Å². The fraction of sp³-hybridized carbons (Fsp3) is 0.240. The summed E-state index contributed by atoms with van der Waals surface area (Å²) in [5, 5.41) is 4.49. The minimum absolute atomic E-state index is 0.0334. The monoisotopic (exact) mass is 576 g/mol. The number of benzene rings is 3. The maximum atomic E-state index is 14.1.